The van der Waals surface area contributed by atoms with Crippen molar-refractivity contribution in [2.75, 3.05) is 0 Å². The van der Waals surface area contributed by atoms with E-state index in [1.807, 2.05) is 0 Å². The first-order valence-electron chi connectivity index (χ1n) is 0.943. The molecule has 38 valence electrons. The van der Waals surface area contributed by atoms with E-state index in [2.05, 4.69) is 4.74 Å². The molecule has 0 heterocycles. The fourth-order valence-electron chi connectivity index (χ4n) is 0.0227. The molecule has 0 aliphatic heterocycles. The Morgan fingerprint density at radius 2 is 1.43 bits per heavy atom. The SMILES string of the molecule is N.O=COC=O.[NaH]. The van der Waals surface area contributed by atoms with E-state index in [9.17, 15) is 0 Å². The number of hydrogen-bond donors (Lipinski definition) is 1. The summed E-state index contributed by atoms with van der Waals surface area (Å²) in [4.78, 5) is 17.9. The average Bonchev–Trinajstić information content (AvgIpc) is 1.41. The molecule has 0 unspecified atom stereocenters. The van der Waals surface area contributed by atoms with Crippen molar-refractivity contribution in [3.63, 3.8) is 0 Å². The summed E-state index contributed by atoms with van der Waals surface area (Å²) in [5.74, 6) is 0. The molecule has 0 aliphatic carbocycles. The number of ether oxygens (including phenoxy) is 1. The van der Waals surface area contributed by atoms with Gasteiger partial charge < -0.3 is 10.9 Å². The van der Waals surface area contributed by atoms with Gasteiger partial charge in [-0.3, -0.25) is 9.59 Å². The molecule has 0 aromatic carbocycles. The second-order valence-electron chi connectivity index (χ2n) is 0.329. The Labute approximate surface area is 63.1 Å². The van der Waals surface area contributed by atoms with Crippen LogP contribution in [-0.2, 0) is 14.3 Å². The zero-order chi connectivity index (χ0) is 4.12. The summed E-state index contributed by atoms with van der Waals surface area (Å²) in [6.07, 6.45) is 0. The van der Waals surface area contributed by atoms with Gasteiger partial charge in [-0.05, 0) is 0 Å². The Bertz CT molecular complexity index is 42.2. The van der Waals surface area contributed by atoms with Crippen molar-refractivity contribution in [3.05, 3.63) is 0 Å². The fraction of sp³-hybridized carbons (Fsp3) is 0. The van der Waals surface area contributed by atoms with Gasteiger partial charge in [-0.2, -0.15) is 0 Å². The third-order valence-corrected chi connectivity index (χ3v) is 0.111. The first kappa shape index (κ1) is 15.7. The van der Waals surface area contributed by atoms with Crippen LogP contribution in [0.25, 0.3) is 0 Å². The normalized spacial score (nSPS) is 4.00. The molecule has 0 aliphatic rings. The zero-order valence-electron chi connectivity index (χ0n) is 3.09. The van der Waals surface area contributed by atoms with Gasteiger partial charge in [0.1, 0.15) is 0 Å². The fourth-order valence-corrected chi connectivity index (χ4v) is 0.0227. The number of carbonyl (C=O) groups is 2. The third-order valence-electron chi connectivity index (χ3n) is 0.111. The van der Waals surface area contributed by atoms with Crippen molar-refractivity contribution < 1.29 is 14.3 Å². The molecule has 7 heavy (non-hydrogen) atoms. The molecule has 0 amide bonds. The molecule has 0 aromatic rings. The molecule has 0 radical (unpaired) electrons. The summed E-state index contributed by atoms with van der Waals surface area (Å²) in [6, 6.07) is 0. The topological polar surface area (TPSA) is 78.4 Å². The van der Waals surface area contributed by atoms with E-state index >= 15 is 0 Å². The van der Waals surface area contributed by atoms with E-state index in [1.54, 1.807) is 0 Å². The van der Waals surface area contributed by atoms with Crippen molar-refractivity contribution in [3.8, 4) is 0 Å². The maximum absolute atomic E-state index is 8.95. The molecule has 3 N–H and O–H groups in total. The quantitative estimate of drug-likeness (QED) is 0.279. The van der Waals surface area contributed by atoms with Crippen molar-refractivity contribution in [2.45, 2.75) is 0 Å². The minimum absolute atomic E-state index is 0. The van der Waals surface area contributed by atoms with E-state index in [-0.39, 0.29) is 48.7 Å². The van der Waals surface area contributed by atoms with Crippen LogP contribution in [-0.4, -0.2) is 42.5 Å². The second-order valence-corrected chi connectivity index (χ2v) is 0.329. The van der Waals surface area contributed by atoms with Crippen LogP contribution in [0.1, 0.15) is 0 Å². The van der Waals surface area contributed by atoms with Crippen LogP contribution < -0.4 is 6.15 Å². The predicted molar refractivity (Wildman–Crippen MR) is 25.4 cm³/mol. The summed E-state index contributed by atoms with van der Waals surface area (Å²) in [5, 5.41) is 0. The van der Waals surface area contributed by atoms with E-state index in [0.29, 0.717) is 0 Å². The van der Waals surface area contributed by atoms with Gasteiger partial charge in [0.15, 0.2) is 0 Å². The molecule has 5 heteroatoms. The van der Waals surface area contributed by atoms with Gasteiger partial charge in [0, 0.05) is 0 Å². The molecule has 4 nitrogen and oxygen atoms in total. The molecule has 0 aromatic heterocycles. The Morgan fingerprint density at radius 1 is 1.14 bits per heavy atom. The molecule has 0 saturated carbocycles. The van der Waals surface area contributed by atoms with Crippen molar-refractivity contribution >= 4 is 42.5 Å². The molecular weight excluding hydrogens is 109 g/mol. The first-order valence-corrected chi connectivity index (χ1v) is 0.943. The van der Waals surface area contributed by atoms with E-state index in [0.717, 1.165) is 0 Å². The zero-order valence-corrected chi connectivity index (χ0v) is 3.09. The summed E-state index contributed by atoms with van der Waals surface area (Å²) in [6.45, 7) is 0.125. The Balaban J connectivity index is -0.0000000800. The van der Waals surface area contributed by atoms with E-state index in [4.69, 9.17) is 9.59 Å². The molecule has 0 fully saturated rings. The number of rotatable bonds is 2. The van der Waals surface area contributed by atoms with Gasteiger partial charge in [-0.1, -0.05) is 0 Å². The van der Waals surface area contributed by atoms with Crippen LogP contribution >= 0.6 is 0 Å². The van der Waals surface area contributed by atoms with Gasteiger partial charge in [-0.25, -0.2) is 0 Å². The first-order chi connectivity index (χ1) is 2.41. The summed E-state index contributed by atoms with van der Waals surface area (Å²) >= 11 is 0. The summed E-state index contributed by atoms with van der Waals surface area (Å²) in [7, 11) is 0. The molecule has 0 atom stereocenters. The van der Waals surface area contributed by atoms with Crippen LogP contribution in [0.2, 0.25) is 0 Å². The Morgan fingerprint density at radius 3 is 1.43 bits per heavy atom. The van der Waals surface area contributed by atoms with Crippen LogP contribution in [0.3, 0.4) is 0 Å². The van der Waals surface area contributed by atoms with Gasteiger partial charge in [-0.15, -0.1) is 0 Å². The average molecular weight is 115 g/mol. The molecule has 0 bridgehead atoms. The van der Waals surface area contributed by atoms with Crippen molar-refractivity contribution in [2.24, 2.45) is 0 Å². The van der Waals surface area contributed by atoms with Gasteiger partial charge in [0.2, 0.25) is 0 Å². The Kier molecular flexibility index (Phi) is 37.1. The Hall–Kier alpha value is 0.1000. The van der Waals surface area contributed by atoms with E-state index in [1.165, 1.54) is 0 Å². The van der Waals surface area contributed by atoms with E-state index < -0.39 is 0 Å². The summed E-state index contributed by atoms with van der Waals surface area (Å²) < 4.78 is 3.47. The van der Waals surface area contributed by atoms with Crippen LogP contribution in [0.4, 0.5) is 0 Å². The van der Waals surface area contributed by atoms with Crippen LogP contribution in [0.5, 0.6) is 0 Å². The molecule has 0 spiro atoms. The van der Waals surface area contributed by atoms with Gasteiger partial charge in [0.25, 0.3) is 0 Å². The molecular formula is C2H6NNaO3. The van der Waals surface area contributed by atoms with Crippen molar-refractivity contribution in [1.82, 2.24) is 6.15 Å². The second kappa shape index (κ2) is 16.5. The minimum atomic E-state index is 0. The van der Waals surface area contributed by atoms with Crippen LogP contribution in [0.15, 0.2) is 0 Å². The van der Waals surface area contributed by atoms with Gasteiger partial charge >= 0.3 is 42.5 Å². The number of hydrogen-bond acceptors (Lipinski definition) is 4. The molecule has 0 saturated heterocycles. The van der Waals surface area contributed by atoms with Crippen molar-refractivity contribution in [1.29, 1.82) is 0 Å². The third kappa shape index (κ3) is 23.3. The predicted octanol–water partition coefficient (Wildman–Crippen LogP) is -1.17. The monoisotopic (exact) mass is 115 g/mol. The molecule has 0 rings (SSSR count). The maximum atomic E-state index is 8.95. The van der Waals surface area contributed by atoms with Crippen LogP contribution in [0, 0.1) is 0 Å². The van der Waals surface area contributed by atoms with Gasteiger partial charge in [0.05, 0.1) is 0 Å². The standard InChI is InChI=1S/C2H2O3.H3N.Na.H/c3-1-5-2-4;;;/h1-2H;1H3;;. The number of carbonyl (C=O) groups excluding carboxylic acids is 2. The summed E-state index contributed by atoms with van der Waals surface area (Å²) in [5.41, 5.74) is 0.